The van der Waals surface area contributed by atoms with Gasteiger partial charge in [-0.15, -0.1) is 0 Å². The number of hydrogen-bond donors (Lipinski definition) is 2. The van der Waals surface area contributed by atoms with Crippen LogP contribution < -0.4 is 4.90 Å². The number of benzene rings is 1. The van der Waals surface area contributed by atoms with Gasteiger partial charge in [0.1, 0.15) is 11.5 Å². The average molecular weight is 235 g/mol. The quantitative estimate of drug-likeness (QED) is 0.840. The summed E-state index contributed by atoms with van der Waals surface area (Å²) in [6.07, 6.45) is 0. The van der Waals surface area contributed by atoms with Gasteiger partial charge in [-0.1, -0.05) is 0 Å². The van der Waals surface area contributed by atoms with Gasteiger partial charge in [0.25, 0.3) is 11.8 Å². The van der Waals surface area contributed by atoms with Gasteiger partial charge in [-0.05, 0) is 24.2 Å². The lowest BCUT2D eigenvalue weighted by molar-refractivity contribution is 0.422. The van der Waals surface area contributed by atoms with Gasteiger partial charge >= 0.3 is 0 Å². The van der Waals surface area contributed by atoms with Crippen LogP contribution in [0.15, 0.2) is 22.7 Å². The van der Waals surface area contributed by atoms with E-state index >= 15 is 0 Å². The molecule has 0 saturated carbocycles. The number of hydrogen-bond acceptors (Lipinski definition) is 6. The first-order valence-corrected chi connectivity index (χ1v) is 5.19. The van der Waals surface area contributed by atoms with Crippen molar-refractivity contribution < 1.29 is 14.7 Å². The molecular weight excluding hydrogens is 222 g/mol. The van der Waals surface area contributed by atoms with E-state index in [1.165, 1.54) is 18.2 Å². The first kappa shape index (κ1) is 11.3. The van der Waals surface area contributed by atoms with E-state index in [2.05, 4.69) is 10.1 Å². The van der Waals surface area contributed by atoms with Crippen molar-refractivity contribution in [3.63, 3.8) is 0 Å². The summed E-state index contributed by atoms with van der Waals surface area (Å²) < 4.78 is 5.05. The maximum absolute atomic E-state index is 9.65. The standard InChI is InChI=1S/C11H13N3O3/c1-3-14(2)11-12-10(17-13-11)8-5-4-7(15)6-9(8)16/h4-6,15-16H,3H2,1-2H3. The summed E-state index contributed by atoms with van der Waals surface area (Å²) in [7, 11) is 1.84. The Balaban J connectivity index is 2.37. The molecule has 6 heteroatoms. The Morgan fingerprint density at radius 2 is 2.12 bits per heavy atom. The maximum Gasteiger partial charge on any atom is 0.266 e. The monoisotopic (exact) mass is 235 g/mol. The third-order valence-electron chi connectivity index (χ3n) is 2.44. The van der Waals surface area contributed by atoms with Crippen LogP contribution in [-0.4, -0.2) is 33.9 Å². The molecule has 90 valence electrons. The van der Waals surface area contributed by atoms with Crippen LogP contribution in [0.25, 0.3) is 11.5 Å². The number of nitrogens with zero attached hydrogens (tertiary/aromatic N) is 3. The van der Waals surface area contributed by atoms with Crippen LogP contribution in [0.4, 0.5) is 5.95 Å². The summed E-state index contributed by atoms with van der Waals surface area (Å²) in [6.45, 7) is 2.72. The molecule has 0 bridgehead atoms. The van der Waals surface area contributed by atoms with Crippen LogP contribution in [-0.2, 0) is 0 Å². The molecule has 2 rings (SSSR count). The van der Waals surface area contributed by atoms with Crippen LogP contribution >= 0.6 is 0 Å². The zero-order valence-electron chi connectivity index (χ0n) is 9.58. The van der Waals surface area contributed by atoms with Gasteiger partial charge in [-0.25, -0.2) is 0 Å². The van der Waals surface area contributed by atoms with E-state index in [1.807, 2.05) is 18.9 Å². The molecule has 2 aromatic rings. The SMILES string of the molecule is CCN(C)c1noc(-c2ccc(O)cc2O)n1. The highest BCUT2D eigenvalue weighted by Gasteiger charge is 2.14. The fourth-order valence-electron chi connectivity index (χ4n) is 1.32. The molecule has 0 aliphatic rings. The zero-order valence-corrected chi connectivity index (χ0v) is 9.58. The minimum Gasteiger partial charge on any atom is -0.508 e. The Morgan fingerprint density at radius 1 is 1.35 bits per heavy atom. The fraction of sp³-hybridized carbons (Fsp3) is 0.273. The van der Waals surface area contributed by atoms with Crippen molar-refractivity contribution in [1.82, 2.24) is 10.1 Å². The molecule has 0 fully saturated rings. The lowest BCUT2D eigenvalue weighted by Gasteiger charge is -2.08. The Morgan fingerprint density at radius 3 is 2.76 bits per heavy atom. The molecule has 0 radical (unpaired) electrons. The van der Waals surface area contributed by atoms with E-state index in [1.54, 1.807) is 0 Å². The normalized spacial score (nSPS) is 10.5. The Hall–Kier alpha value is -2.24. The smallest absolute Gasteiger partial charge is 0.266 e. The molecule has 17 heavy (non-hydrogen) atoms. The second-order valence-electron chi connectivity index (χ2n) is 3.62. The van der Waals surface area contributed by atoms with E-state index in [0.29, 0.717) is 11.5 Å². The molecular formula is C11H13N3O3. The number of anilines is 1. The van der Waals surface area contributed by atoms with Crippen molar-refractivity contribution >= 4 is 5.95 Å². The van der Waals surface area contributed by atoms with Crippen LogP contribution in [0, 0.1) is 0 Å². The Kier molecular flexibility index (Phi) is 2.86. The molecule has 0 saturated heterocycles. The van der Waals surface area contributed by atoms with Gasteiger partial charge in [0, 0.05) is 19.7 Å². The van der Waals surface area contributed by atoms with Gasteiger partial charge in [-0.3, -0.25) is 0 Å². The molecule has 6 nitrogen and oxygen atoms in total. The summed E-state index contributed by atoms with van der Waals surface area (Å²) >= 11 is 0. The van der Waals surface area contributed by atoms with Crippen molar-refractivity contribution in [2.24, 2.45) is 0 Å². The molecule has 0 aliphatic heterocycles. The molecule has 0 atom stereocenters. The van der Waals surface area contributed by atoms with Crippen LogP contribution in [0.3, 0.4) is 0 Å². The molecule has 1 aromatic heterocycles. The van der Waals surface area contributed by atoms with E-state index in [-0.39, 0.29) is 17.4 Å². The van der Waals surface area contributed by atoms with E-state index in [0.717, 1.165) is 6.54 Å². The average Bonchev–Trinajstić information content (AvgIpc) is 2.77. The molecule has 0 spiro atoms. The topological polar surface area (TPSA) is 82.6 Å². The van der Waals surface area contributed by atoms with Crippen molar-refractivity contribution in [3.05, 3.63) is 18.2 Å². The molecule has 0 amide bonds. The number of phenols is 2. The van der Waals surface area contributed by atoms with E-state index in [4.69, 9.17) is 4.52 Å². The van der Waals surface area contributed by atoms with Gasteiger partial charge in [-0.2, -0.15) is 4.98 Å². The third-order valence-corrected chi connectivity index (χ3v) is 2.44. The number of phenolic OH excluding ortho intramolecular Hbond substituents is 2. The molecule has 2 N–H and O–H groups in total. The minimum absolute atomic E-state index is 0.0170. The molecule has 0 unspecified atom stereocenters. The summed E-state index contributed by atoms with van der Waals surface area (Å²) in [5.74, 6) is 0.559. The summed E-state index contributed by atoms with van der Waals surface area (Å²) in [6, 6.07) is 4.19. The lowest BCUT2D eigenvalue weighted by Crippen LogP contribution is -2.16. The fourth-order valence-corrected chi connectivity index (χ4v) is 1.32. The third kappa shape index (κ3) is 2.15. The van der Waals surface area contributed by atoms with Crippen LogP contribution in [0.1, 0.15) is 6.92 Å². The number of rotatable bonds is 3. The Labute approximate surface area is 98.1 Å². The number of aromatic nitrogens is 2. The highest BCUT2D eigenvalue weighted by molar-refractivity contribution is 5.64. The molecule has 1 aromatic carbocycles. The van der Waals surface area contributed by atoms with E-state index in [9.17, 15) is 10.2 Å². The largest absolute Gasteiger partial charge is 0.508 e. The van der Waals surface area contributed by atoms with E-state index < -0.39 is 0 Å². The van der Waals surface area contributed by atoms with Gasteiger partial charge < -0.3 is 19.6 Å². The highest BCUT2D eigenvalue weighted by Crippen LogP contribution is 2.31. The lowest BCUT2D eigenvalue weighted by atomic mass is 10.2. The van der Waals surface area contributed by atoms with Gasteiger partial charge in [0.05, 0.1) is 5.56 Å². The molecule has 0 aliphatic carbocycles. The number of aromatic hydroxyl groups is 2. The summed E-state index contributed by atoms with van der Waals surface area (Å²) in [5.41, 5.74) is 0.394. The first-order valence-electron chi connectivity index (χ1n) is 5.19. The summed E-state index contributed by atoms with van der Waals surface area (Å²) in [5, 5.41) is 22.6. The van der Waals surface area contributed by atoms with Crippen molar-refractivity contribution in [3.8, 4) is 23.0 Å². The maximum atomic E-state index is 9.65. The van der Waals surface area contributed by atoms with Crippen molar-refractivity contribution in [1.29, 1.82) is 0 Å². The predicted molar refractivity (Wildman–Crippen MR) is 62.0 cm³/mol. The predicted octanol–water partition coefficient (Wildman–Crippen LogP) is 1.60. The van der Waals surface area contributed by atoms with Crippen molar-refractivity contribution in [2.45, 2.75) is 6.92 Å². The van der Waals surface area contributed by atoms with Crippen molar-refractivity contribution in [2.75, 3.05) is 18.5 Å². The summed E-state index contributed by atoms with van der Waals surface area (Å²) in [4.78, 5) is 5.96. The van der Waals surface area contributed by atoms with Crippen LogP contribution in [0.2, 0.25) is 0 Å². The minimum atomic E-state index is -0.0978. The van der Waals surface area contributed by atoms with Crippen LogP contribution in [0.5, 0.6) is 11.5 Å². The Bertz CT molecular complexity index is 524. The second-order valence-corrected chi connectivity index (χ2v) is 3.62. The first-order chi connectivity index (χ1) is 8.11. The second kappa shape index (κ2) is 4.32. The zero-order chi connectivity index (χ0) is 12.4. The van der Waals surface area contributed by atoms with Gasteiger partial charge in [0.2, 0.25) is 0 Å². The van der Waals surface area contributed by atoms with Gasteiger partial charge in [0.15, 0.2) is 0 Å². The highest BCUT2D eigenvalue weighted by atomic mass is 16.5. The molecule has 1 heterocycles.